The predicted octanol–water partition coefficient (Wildman–Crippen LogP) is 2.52. The summed E-state index contributed by atoms with van der Waals surface area (Å²) in [7, 11) is 0. The third-order valence-corrected chi connectivity index (χ3v) is 3.34. The molecule has 1 amide bonds. The highest BCUT2D eigenvalue weighted by molar-refractivity contribution is 7.80. The number of nitrogens with one attached hydrogen (secondary N) is 1. The summed E-state index contributed by atoms with van der Waals surface area (Å²) >= 11 is 5.03. The van der Waals surface area contributed by atoms with Crippen molar-refractivity contribution in [3.05, 3.63) is 59.2 Å². The van der Waals surface area contributed by atoms with Gasteiger partial charge in [0.15, 0.2) is 0 Å². The van der Waals surface area contributed by atoms with Crippen LogP contribution in [0.25, 0.3) is 0 Å². The molecule has 2 rings (SSSR count). The van der Waals surface area contributed by atoms with Crippen molar-refractivity contribution in [2.75, 3.05) is 5.32 Å². The van der Waals surface area contributed by atoms with Crippen molar-refractivity contribution in [3.8, 4) is 5.75 Å². The minimum Gasteiger partial charge on any atom is -0.508 e. The Bertz CT molecular complexity index is 698. The molecule has 0 aliphatic rings. The number of carbonyl (C=O) groups is 1. The second-order valence-corrected chi connectivity index (χ2v) is 5.16. The summed E-state index contributed by atoms with van der Waals surface area (Å²) < 4.78 is 0. The minimum absolute atomic E-state index is 0.0807. The fourth-order valence-corrected chi connectivity index (χ4v) is 2.40. The second-order valence-electron chi connectivity index (χ2n) is 4.72. The lowest BCUT2D eigenvalue weighted by Gasteiger charge is -2.13. The maximum Gasteiger partial charge on any atom is 0.228 e. The van der Waals surface area contributed by atoms with Crippen molar-refractivity contribution >= 4 is 28.8 Å². The van der Waals surface area contributed by atoms with E-state index >= 15 is 0 Å². The first-order valence-electron chi connectivity index (χ1n) is 6.45. The van der Waals surface area contributed by atoms with E-state index in [1.807, 2.05) is 19.1 Å². The summed E-state index contributed by atoms with van der Waals surface area (Å²) in [6, 6.07) is 12.2. The number of nitrogens with two attached hydrogens (primary N) is 1. The lowest BCUT2D eigenvalue weighted by atomic mass is 10.1. The summed E-state index contributed by atoms with van der Waals surface area (Å²) in [6.07, 6.45) is 0.0807. The van der Waals surface area contributed by atoms with Crippen LogP contribution in [0.5, 0.6) is 5.75 Å². The summed E-state index contributed by atoms with van der Waals surface area (Å²) in [5, 5.41) is 12.5. The van der Waals surface area contributed by atoms with Gasteiger partial charge in [-0.05, 0) is 24.6 Å². The Balaban J connectivity index is 2.19. The van der Waals surface area contributed by atoms with Crippen molar-refractivity contribution in [2.24, 2.45) is 5.73 Å². The van der Waals surface area contributed by atoms with Crippen molar-refractivity contribution in [1.29, 1.82) is 0 Å². The molecule has 0 heterocycles. The standard InChI is InChI=1S/C16H16N2O2S/c1-10-5-4-7-12(15(10)16(17)21)18-14(20)9-11-6-2-3-8-13(11)19/h2-8,19H,9H2,1H3,(H2,17,21)(H,18,20). The Morgan fingerprint density at radius 2 is 1.95 bits per heavy atom. The smallest absolute Gasteiger partial charge is 0.228 e. The molecule has 0 aliphatic carbocycles. The first kappa shape index (κ1) is 15.0. The predicted molar refractivity (Wildman–Crippen MR) is 87.5 cm³/mol. The second kappa shape index (κ2) is 6.37. The molecule has 0 fully saturated rings. The number of aryl methyl sites for hydroxylation is 1. The summed E-state index contributed by atoms with van der Waals surface area (Å²) in [5.41, 5.74) is 8.43. The van der Waals surface area contributed by atoms with E-state index in [2.05, 4.69) is 5.32 Å². The molecule has 2 aromatic rings. The highest BCUT2D eigenvalue weighted by Gasteiger charge is 2.12. The minimum atomic E-state index is -0.236. The van der Waals surface area contributed by atoms with Crippen molar-refractivity contribution in [1.82, 2.24) is 0 Å². The highest BCUT2D eigenvalue weighted by Crippen LogP contribution is 2.21. The molecule has 4 nitrogen and oxygen atoms in total. The van der Waals surface area contributed by atoms with Gasteiger partial charge in [-0.1, -0.05) is 42.5 Å². The number of aromatic hydroxyl groups is 1. The largest absolute Gasteiger partial charge is 0.508 e. The maximum absolute atomic E-state index is 12.1. The van der Waals surface area contributed by atoms with Gasteiger partial charge in [-0.3, -0.25) is 4.79 Å². The topological polar surface area (TPSA) is 75.3 Å². The van der Waals surface area contributed by atoms with Gasteiger partial charge >= 0.3 is 0 Å². The number of thiocarbonyl (C=S) groups is 1. The van der Waals surface area contributed by atoms with Crippen LogP contribution in [0, 0.1) is 6.92 Å². The zero-order chi connectivity index (χ0) is 15.4. The van der Waals surface area contributed by atoms with Crippen LogP contribution < -0.4 is 11.1 Å². The molecule has 0 aromatic heterocycles. The Morgan fingerprint density at radius 1 is 1.24 bits per heavy atom. The van der Waals surface area contributed by atoms with Crippen LogP contribution in [0.2, 0.25) is 0 Å². The van der Waals surface area contributed by atoms with Gasteiger partial charge in [0, 0.05) is 11.1 Å². The lowest BCUT2D eigenvalue weighted by molar-refractivity contribution is -0.115. The first-order valence-corrected chi connectivity index (χ1v) is 6.86. The van der Waals surface area contributed by atoms with E-state index in [0.717, 1.165) is 5.56 Å². The van der Waals surface area contributed by atoms with Crippen LogP contribution in [0.15, 0.2) is 42.5 Å². The van der Waals surface area contributed by atoms with Crippen LogP contribution in [-0.4, -0.2) is 16.0 Å². The quantitative estimate of drug-likeness (QED) is 0.758. The highest BCUT2D eigenvalue weighted by atomic mass is 32.1. The number of para-hydroxylation sites is 1. The molecule has 0 aliphatic heterocycles. The zero-order valence-electron chi connectivity index (χ0n) is 11.6. The first-order chi connectivity index (χ1) is 9.99. The number of phenols is 1. The third-order valence-electron chi connectivity index (χ3n) is 3.14. The molecule has 0 unspecified atom stereocenters. The number of rotatable bonds is 4. The number of carbonyl (C=O) groups excluding carboxylic acids is 1. The average molecular weight is 300 g/mol. The van der Waals surface area contributed by atoms with E-state index in [4.69, 9.17) is 18.0 Å². The van der Waals surface area contributed by atoms with Crippen molar-refractivity contribution in [3.63, 3.8) is 0 Å². The van der Waals surface area contributed by atoms with Crippen molar-refractivity contribution in [2.45, 2.75) is 13.3 Å². The number of anilines is 1. The van der Waals surface area contributed by atoms with Crippen LogP contribution >= 0.6 is 12.2 Å². The van der Waals surface area contributed by atoms with Crippen LogP contribution in [-0.2, 0) is 11.2 Å². The van der Waals surface area contributed by atoms with Crippen molar-refractivity contribution < 1.29 is 9.90 Å². The van der Waals surface area contributed by atoms with Gasteiger partial charge in [0.25, 0.3) is 0 Å². The van der Waals surface area contributed by atoms with E-state index in [0.29, 0.717) is 16.8 Å². The SMILES string of the molecule is Cc1cccc(NC(=O)Cc2ccccc2O)c1C(N)=S. The summed E-state index contributed by atoms with van der Waals surface area (Å²) in [6.45, 7) is 1.88. The molecule has 0 atom stereocenters. The Hall–Kier alpha value is -2.40. The molecular formula is C16H16N2O2S. The van der Waals surface area contributed by atoms with E-state index in [-0.39, 0.29) is 23.1 Å². The van der Waals surface area contributed by atoms with Crippen LogP contribution in [0.4, 0.5) is 5.69 Å². The molecule has 108 valence electrons. The van der Waals surface area contributed by atoms with Gasteiger partial charge in [-0.15, -0.1) is 0 Å². The summed E-state index contributed by atoms with van der Waals surface area (Å²) in [5.74, 6) is -0.133. The number of phenolic OH excluding ortho intramolecular Hbond substituents is 1. The van der Waals surface area contributed by atoms with Gasteiger partial charge < -0.3 is 16.2 Å². The van der Waals surface area contributed by atoms with Gasteiger partial charge in [0.05, 0.1) is 12.1 Å². The molecular weight excluding hydrogens is 284 g/mol. The maximum atomic E-state index is 12.1. The zero-order valence-corrected chi connectivity index (χ0v) is 12.4. The lowest BCUT2D eigenvalue weighted by Crippen LogP contribution is -2.20. The van der Waals surface area contributed by atoms with Gasteiger partial charge in [-0.2, -0.15) is 0 Å². The Kier molecular flexibility index (Phi) is 4.55. The number of hydrogen-bond donors (Lipinski definition) is 3. The Labute approximate surface area is 128 Å². The van der Waals surface area contributed by atoms with Gasteiger partial charge in [0.1, 0.15) is 10.7 Å². The third kappa shape index (κ3) is 3.58. The fourth-order valence-electron chi connectivity index (χ4n) is 2.13. The summed E-state index contributed by atoms with van der Waals surface area (Å²) in [4.78, 5) is 12.4. The molecule has 5 heteroatoms. The van der Waals surface area contributed by atoms with E-state index < -0.39 is 0 Å². The number of benzene rings is 2. The molecule has 0 radical (unpaired) electrons. The fraction of sp³-hybridized carbons (Fsp3) is 0.125. The molecule has 21 heavy (non-hydrogen) atoms. The molecule has 4 N–H and O–H groups in total. The van der Waals surface area contributed by atoms with Gasteiger partial charge in [0.2, 0.25) is 5.91 Å². The molecule has 0 saturated heterocycles. The number of amides is 1. The molecule has 0 bridgehead atoms. The number of hydrogen-bond acceptors (Lipinski definition) is 3. The molecule has 2 aromatic carbocycles. The van der Waals surface area contributed by atoms with E-state index in [1.165, 1.54) is 0 Å². The molecule has 0 spiro atoms. The molecule has 0 saturated carbocycles. The normalized spacial score (nSPS) is 10.1. The Morgan fingerprint density at radius 3 is 2.62 bits per heavy atom. The van der Waals surface area contributed by atoms with Crippen LogP contribution in [0.1, 0.15) is 16.7 Å². The van der Waals surface area contributed by atoms with E-state index in [9.17, 15) is 9.90 Å². The monoisotopic (exact) mass is 300 g/mol. The van der Waals surface area contributed by atoms with Gasteiger partial charge in [-0.25, -0.2) is 0 Å². The van der Waals surface area contributed by atoms with E-state index in [1.54, 1.807) is 30.3 Å². The van der Waals surface area contributed by atoms with Crippen LogP contribution in [0.3, 0.4) is 0 Å². The average Bonchev–Trinajstić information content (AvgIpc) is 2.41.